The first-order chi connectivity index (χ1) is 7.97. The smallest absolute Gasteiger partial charge is 0.329 e. The van der Waals surface area contributed by atoms with Crippen molar-refractivity contribution in [3.8, 4) is 0 Å². The van der Waals surface area contributed by atoms with Crippen molar-refractivity contribution in [1.29, 1.82) is 0 Å². The largest absolute Gasteiger partial charge is 0.480 e. The lowest BCUT2D eigenvalue weighted by Crippen LogP contribution is -2.55. The Morgan fingerprint density at radius 1 is 1.35 bits per heavy atom. The van der Waals surface area contributed by atoms with Crippen LogP contribution in [0.25, 0.3) is 0 Å². The van der Waals surface area contributed by atoms with Crippen LogP contribution in [0.15, 0.2) is 0 Å². The van der Waals surface area contributed by atoms with Gasteiger partial charge in [0.2, 0.25) is 0 Å². The fraction of sp³-hybridized carbons (Fsp3) is 0.900. The van der Waals surface area contributed by atoms with Gasteiger partial charge in [-0.2, -0.15) is 0 Å². The third-order valence-electron chi connectivity index (χ3n) is 2.80. The maximum Gasteiger partial charge on any atom is 0.329 e. The first-order valence-electron chi connectivity index (χ1n) is 5.31. The van der Waals surface area contributed by atoms with Crippen LogP contribution in [0.3, 0.4) is 0 Å². The average molecular weight is 250 g/mol. The van der Waals surface area contributed by atoms with Crippen molar-refractivity contribution < 1.29 is 34.3 Å². The van der Waals surface area contributed by atoms with Crippen molar-refractivity contribution in [3.05, 3.63) is 0 Å². The summed E-state index contributed by atoms with van der Waals surface area (Å²) in [5.74, 6) is -1.44. The molecule has 0 bridgehead atoms. The molecule has 0 spiro atoms. The minimum atomic E-state index is -1.12. The Morgan fingerprint density at radius 3 is 2.53 bits per heavy atom. The van der Waals surface area contributed by atoms with Gasteiger partial charge in [0.1, 0.15) is 12.7 Å². The third kappa shape index (κ3) is 3.62. The van der Waals surface area contributed by atoms with Crippen molar-refractivity contribution in [3.63, 3.8) is 0 Å². The second-order valence-corrected chi connectivity index (χ2v) is 4.03. The van der Waals surface area contributed by atoms with Gasteiger partial charge >= 0.3 is 5.97 Å². The normalized spacial score (nSPS) is 38.0. The van der Waals surface area contributed by atoms with Crippen LogP contribution < -0.4 is 0 Å². The highest BCUT2D eigenvalue weighted by Gasteiger charge is 2.42. The molecule has 7 nitrogen and oxygen atoms in total. The van der Waals surface area contributed by atoms with Crippen LogP contribution in [0.4, 0.5) is 0 Å². The molecule has 1 heterocycles. The standard InChI is InChI=1S/C10H18O7/c1-5-6(3-16-4-7(11)12)17-10(15-2)9(14)8(5)13/h5-6,8-10,13-14H,3-4H2,1-2H3,(H,11,12)/t5-,6?,8?,9?,10+/m1/s1. The van der Waals surface area contributed by atoms with Gasteiger partial charge in [0.05, 0.1) is 18.8 Å². The molecule has 0 aromatic heterocycles. The Balaban J connectivity index is 2.50. The van der Waals surface area contributed by atoms with E-state index in [0.717, 1.165) is 0 Å². The fourth-order valence-electron chi connectivity index (χ4n) is 1.72. The molecule has 7 heteroatoms. The van der Waals surface area contributed by atoms with E-state index in [0.29, 0.717) is 0 Å². The van der Waals surface area contributed by atoms with E-state index in [4.69, 9.17) is 19.3 Å². The molecule has 0 amide bonds. The van der Waals surface area contributed by atoms with Crippen molar-refractivity contribution in [1.82, 2.24) is 0 Å². The monoisotopic (exact) mass is 250 g/mol. The van der Waals surface area contributed by atoms with Crippen LogP contribution in [0, 0.1) is 5.92 Å². The topological polar surface area (TPSA) is 105 Å². The highest BCUT2D eigenvalue weighted by molar-refractivity contribution is 5.67. The molecular formula is C10H18O7. The van der Waals surface area contributed by atoms with Crippen molar-refractivity contribution in [2.75, 3.05) is 20.3 Å². The van der Waals surface area contributed by atoms with Gasteiger partial charge < -0.3 is 29.5 Å². The Morgan fingerprint density at radius 2 is 2.00 bits per heavy atom. The minimum absolute atomic E-state index is 0.0249. The Labute approximate surface area is 98.9 Å². The van der Waals surface area contributed by atoms with Crippen molar-refractivity contribution >= 4 is 5.97 Å². The molecule has 17 heavy (non-hydrogen) atoms. The number of ether oxygens (including phenoxy) is 3. The molecule has 1 aliphatic heterocycles. The summed E-state index contributed by atoms with van der Waals surface area (Å²) in [5, 5.41) is 27.8. The maximum absolute atomic E-state index is 10.3. The summed E-state index contributed by atoms with van der Waals surface area (Å²) in [6.07, 6.45) is -3.56. The number of rotatable bonds is 5. The van der Waals surface area contributed by atoms with Crippen molar-refractivity contribution in [2.45, 2.75) is 31.5 Å². The van der Waals surface area contributed by atoms with E-state index < -0.39 is 37.2 Å². The molecule has 3 N–H and O–H groups in total. The van der Waals surface area contributed by atoms with Crippen LogP contribution in [-0.2, 0) is 19.0 Å². The van der Waals surface area contributed by atoms with E-state index in [2.05, 4.69) is 0 Å². The zero-order chi connectivity index (χ0) is 13.0. The van der Waals surface area contributed by atoms with Crippen LogP contribution in [0.5, 0.6) is 0 Å². The number of aliphatic carboxylic acids is 1. The predicted molar refractivity (Wildman–Crippen MR) is 55.3 cm³/mol. The maximum atomic E-state index is 10.3. The van der Waals surface area contributed by atoms with Gasteiger partial charge in [0.15, 0.2) is 6.29 Å². The zero-order valence-electron chi connectivity index (χ0n) is 9.78. The lowest BCUT2D eigenvalue weighted by molar-refractivity contribution is -0.282. The number of hydrogen-bond donors (Lipinski definition) is 3. The molecule has 100 valence electrons. The fourth-order valence-corrected chi connectivity index (χ4v) is 1.72. The molecule has 5 atom stereocenters. The molecule has 1 aliphatic rings. The first-order valence-corrected chi connectivity index (χ1v) is 5.31. The van der Waals surface area contributed by atoms with Gasteiger partial charge in [0, 0.05) is 13.0 Å². The van der Waals surface area contributed by atoms with Gasteiger partial charge in [-0.1, -0.05) is 6.92 Å². The lowest BCUT2D eigenvalue weighted by atomic mass is 9.91. The summed E-state index contributed by atoms with van der Waals surface area (Å²) in [7, 11) is 1.35. The van der Waals surface area contributed by atoms with Crippen LogP contribution in [0.1, 0.15) is 6.92 Å². The number of carboxylic acids is 1. The summed E-state index contributed by atoms with van der Waals surface area (Å²) in [5.41, 5.74) is 0. The van der Waals surface area contributed by atoms with Crippen LogP contribution in [-0.4, -0.2) is 66.2 Å². The molecule has 0 radical (unpaired) electrons. The van der Waals surface area contributed by atoms with E-state index >= 15 is 0 Å². The Kier molecular flexibility index (Phi) is 5.29. The Hall–Kier alpha value is -0.730. The quantitative estimate of drug-likeness (QED) is 0.563. The second-order valence-electron chi connectivity index (χ2n) is 4.03. The summed E-state index contributed by atoms with van der Waals surface area (Å²) in [4.78, 5) is 10.3. The van der Waals surface area contributed by atoms with Gasteiger partial charge in [-0.05, 0) is 0 Å². The number of carboxylic acid groups (broad SMARTS) is 1. The molecular weight excluding hydrogens is 232 g/mol. The predicted octanol–water partition coefficient (Wildman–Crippen LogP) is -1.18. The highest BCUT2D eigenvalue weighted by Crippen LogP contribution is 2.26. The molecule has 0 aromatic carbocycles. The number of aliphatic hydroxyl groups is 2. The molecule has 1 saturated heterocycles. The van der Waals surface area contributed by atoms with Gasteiger partial charge in [0.25, 0.3) is 0 Å². The Bertz CT molecular complexity index is 255. The molecule has 0 aromatic rings. The summed E-state index contributed by atoms with van der Waals surface area (Å²) >= 11 is 0. The van der Waals surface area contributed by atoms with E-state index in [-0.39, 0.29) is 12.5 Å². The van der Waals surface area contributed by atoms with E-state index in [1.807, 2.05) is 0 Å². The van der Waals surface area contributed by atoms with E-state index in [1.165, 1.54) is 7.11 Å². The minimum Gasteiger partial charge on any atom is -0.480 e. The number of aliphatic hydroxyl groups excluding tert-OH is 2. The third-order valence-corrected chi connectivity index (χ3v) is 2.80. The molecule has 1 rings (SSSR count). The number of hydrogen-bond acceptors (Lipinski definition) is 6. The lowest BCUT2D eigenvalue weighted by Gasteiger charge is -2.40. The van der Waals surface area contributed by atoms with E-state index in [1.54, 1.807) is 6.92 Å². The molecule has 0 aliphatic carbocycles. The van der Waals surface area contributed by atoms with Gasteiger partial charge in [-0.15, -0.1) is 0 Å². The molecule has 0 saturated carbocycles. The summed E-state index contributed by atoms with van der Waals surface area (Å²) < 4.78 is 15.1. The van der Waals surface area contributed by atoms with E-state index in [9.17, 15) is 15.0 Å². The average Bonchev–Trinajstić information content (AvgIpc) is 2.29. The summed E-state index contributed by atoms with van der Waals surface area (Å²) in [6.45, 7) is 1.29. The molecule has 1 fully saturated rings. The summed E-state index contributed by atoms with van der Waals surface area (Å²) in [6, 6.07) is 0. The van der Waals surface area contributed by atoms with Gasteiger partial charge in [-0.25, -0.2) is 4.79 Å². The highest BCUT2D eigenvalue weighted by atomic mass is 16.7. The first kappa shape index (κ1) is 14.3. The van der Waals surface area contributed by atoms with Crippen LogP contribution >= 0.6 is 0 Å². The SMILES string of the molecule is CO[C@H]1OC(COCC(=O)O)[C@@H](C)C(O)C1O. The number of carbonyl (C=O) groups is 1. The molecule has 3 unspecified atom stereocenters. The van der Waals surface area contributed by atoms with Crippen molar-refractivity contribution in [2.24, 2.45) is 5.92 Å². The second kappa shape index (κ2) is 6.27. The zero-order valence-corrected chi connectivity index (χ0v) is 9.78. The number of methoxy groups -OCH3 is 1. The van der Waals surface area contributed by atoms with Gasteiger partial charge in [-0.3, -0.25) is 0 Å². The van der Waals surface area contributed by atoms with Crippen LogP contribution in [0.2, 0.25) is 0 Å².